The second kappa shape index (κ2) is 5.01. The van der Waals surface area contributed by atoms with E-state index in [0.29, 0.717) is 11.3 Å². The molecule has 3 nitrogen and oxygen atoms in total. The van der Waals surface area contributed by atoms with E-state index in [2.05, 4.69) is 22.9 Å². The van der Waals surface area contributed by atoms with E-state index in [1.54, 1.807) is 24.4 Å². The summed E-state index contributed by atoms with van der Waals surface area (Å²) in [7, 11) is 0. The molecule has 0 aliphatic heterocycles. The molecule has 0 aliphatic rings. The van der Waals surface area contributed by atoms with Crippen LogP contribution in [0.1, 0.15) is 16.1 Å². The molecule has 0 saturated heterocycles. The molecule has 17 heavy (non-hydrogen) atoms. The number of carbonyl (C=O) groups excluding carboxylic acids is 1. The molecule has 1 heterocycles. The van der Waals surface area contributed by atoms with Gasteiger partial charge in [0.2, 0.25) is 0 Å². The standard InChI is InChI=1S/C13H12N2OS/c1-9-5-6-11(8-14-9)15-13(16)10-3-2-4-12(17)7-10/h2-8,17H,1H3,(H,15,16). The van der Waals surface area contributed by atoms with E-state index in [0.717, 1.165) is 10.6 Å². The Kier molecular flexibility index (Phi) is 3.44. The topological polar surface area (TPSA) is 42.0 Å². The molecule has 2 aromatic rings. The Morgan fingerprint density at radius 3 is 2.76 bits per heavy atom. The van der Waals surface area contributed by atoms with Gasteiger partial charge in [-0.1, -0.05) is 6.07 Å². The van der Waals surface area contributed by atoms with E-state index in [1.807, 2.05) is 25.1 Å². The fraction of sp³-hybridized carbons (Fsp3) is 0.0769. The Hall–Kier alpha value is -1.81. The normalized spacial score (nSPS) is 10.0. The van der Waals surface area contributed by atoms with Crippen molar-refractivity contribution in [3.05, 3.63) is 53.9 Å². The minimum atomic E-state index is -0.161. The lowest BCUT2D eigenvalue weighted by molar-refractivity contribution is 0.102. The molecule has 0 bridgehead atoms. The number of hydrogen-bond donors (Lipinski definition) is 2. The van der Waals surface area contributed by atoms with E-state index in [9.17, 15) is 4.79 Å². The first kappa shape index (κ1) is 11.7. The number of aromatic nitrogens is 1. The van der Waals surface area contributed by atoms with Gasteiger partial charge >= 0.3 is 0 Å². The number of amides is 1. The molecule has 0 radical (unpaired) electrons. The van der Waals surface area contributed by atoms with E-state index >= 15 is 0 Å². The monoisotopic (exact) mass is 244 g/mol. The molecule has 2 rings (SSSR count). The number of nitrogens with one attached hydrogen (secondary N) is 1. The first-order chi connectivity index (χ1) is 8.15. The molecule has 0 unspecified atom stereocenters. The number of thiol groups is 1. The third-order valence-electron chi connectivity index (χ3n) is 2.28. The smallest absolute Gasteiger partial charge is 0.255 e. The van der Waals surface area contributed by atoms with Crippen molar-refractivity contribution in [2.75, 3.05) is 5.32 Å². The van der Waals surface area contributed by atoms with Crippen molar-refractivity contribution in [2.24, 2.45) is 0 Å². The van der Waals surface area contributed by atoms with E-state index in [-0.39, 0.29) is 5.91 Å². The van der Waals surface area contributed by atoms with Gasteiger partial charge < -0.3 is 5.32 Å². The van der Waals surface area contributed by atoms with Crippen LogP contribution in [-0.4, -0.2) is 10.9 Å². The van der Waals surface area contributed by atoms with Crippen LogP contribution in [0.5, 0.6) is 0 Å². The number of benzene rings is 1. The highest BCUT2D eigenvalue weighted by Crippen LogP contribution is 2.12. The van der Waals surface area contributed by atoms with Gasteiger partial charge in [0.25, 0.3) is 5.91 Å². The third kappa shape index (κ3) is 3.07. The minimum absolute atomic E-state index is 0.161. The predicted molar refractivity (Wildman–Crippen MR) is 70.6 cm³/mol. The molecule has 4 heteroatoms. The molecule has 0 aliphatic carbocycles. The van der Waals surface area contributed by atoms with Crippen LogP contribution in [0.4, 0.5) is 5.69 Å². The van der Waals surface area contributed by atoms with Crippen molar-refractivity contribution >= 4 is 24.2 Å². The summed E-state index contributed by atoms with van der Waals surface area (Å²) < 4.78 is 0. The van der Waals surface area contributed by atoms with Gasteiger partial charge in [-0.15, -0.1) is 12.6 Å². The van der Waals surface area contributed by atoms with Crippen molar-refractivity contribution < 1.29 is 4.79 Å². The number of carbonyl (C=O) groups is 1. The summed E-state index contributed by atoms with van der Waals surface area (Å²) in [5.41, 5.74) is 2.18. The van der Waals surface area contributed by atoms with Crippen molar-refractivity contribution in [2.45, 2.75) is 11.8 Å². The average Bonchev–Trinajstić information content (AvgIpc) is 2.32. The van der Waals surface area contributed by atoms with Crippen LogP contribution in [0.25, 0.3) is 0 Å². The van der Waals surface area contributed by atoms with Gasteiger partial charge in [0.1, 0.15) is 0 Å². The molecule has 0 fully saturated rings. The molecular weight excluding hydrogens is 232 g/mol. The zero-order valence-electron chi connectivity index (χ0n) is 9.34. The zero-order chi connectivity index (χ0) is 12.3. The maximum Gasteiger partial charge on any atom is 0.255 e. The first-order valence-corrected chi connectivity index (χ1v) is 5.63. The molecule has 1 aromatic carbocycles. The summed E-state index contributed by atoms with van der Waals surface area (Å²) in [6.45, 7) is 1.90. The second-order valence-electron chi connectivity index (χ2n) is 3.69. The Balaban J connectivity index is 2.14. The van der Waals surface area contributed by atoms with Crippen LogP contribution in [0, 0.1) is 6.92 Å². The maximum atomic E-state index is 11.9. The number of anilines is 1. The van der Waals surface area contributed by atoms with Crippen molar-refractivity contribution in [3.8, 4) is 0 Å². The van der Waals surface area contributed by atoms with Crippen LogP contribution in [0.2, 0.25) is 0 Å². The number of rotatable bonds is 2. The summed E-state index contributed by atoms with van der Waals surface area (Å²) in [6.07, 6.45) is 1.64. The zero-order valence-corrected chi connectivity index (χ0v) is 10.2. The summed E-state index contributed by atoms with van der Waals surface area (Å²) >= 11 is 4.20. The van der Waals surface area contributed by atoms with Gasteiger partial charge in [0, 0.05) is 16.2 Å². The Bertz CT molecular complexity index is 537. The highest BCUT2D eigenvalue weighted by molar-refractivity contribution is 7.80. The quantitative estimate of drug-likeness (QED) is 0.798. The highest BCUT2D eigenvalue weighted by atomic mass is 32.1. The highest BCUT2D eigenvalue weighted by Gasteiger charge is 2.05. The lowest BCUT2D eigenvalue weighted by atomic mass is 10.2. The fourth-order valence-electron chi connectivity index (χ4n) is 1.39. The molecule has 0 atom stereocenters. The van der Waals surface area contributed by atoms with Gasteiger partial charge in [-0.25, -0.2) is 0 Å². The van der Waals surface area contributed by atoms with Gasteiger partial charge in [0.05, 0.1) is 11.9 Å². The van der Waals surface area contributed by atoms with E-state index in [1.165, 1.54) is 0 Å². The SMILES string of the molecule is Cc1ccc(NC(=O)c2cccc(S)c2)cn1. The second-order valence-corrected chi connectivity index (χ2v) is 4.21. The number of pyridine rings is 1. The van der Waals surface area contributed by atoms with Gasteiger partial charge in [-0.05, 0) is 37.3 Å². The van der Waals surface area contributed by atoms with Gasteiger partial charge in [-0.3, -0.25) is 9.78 Å². The number of aryl methyl sites for hydroxylation is 1. The van der Waals surface area contributed by atoms with Crippen LogP contribution >= 0.6 is 12.6 Å². The van der Waals surface area contributed by atoms with Crippen molar-refractivity contribution in [3.63, 3.8) is 0 Å². The molecule has 1 amide bonds. The Morgan fingerprint density at radius 1 is 1.29 bits per heavy atom. The maximum absolute atomic E-state index is 11.9. The first-order valence-electron chi connectivity index (χ1n) is 5.18. The predicted octanol–water partition coefficient (Wildman–Crippen LogP) is 2.93. The van der Waals surface area contributed by atoms with Crippen LogP contribution in [0.15, 0.2) is 47.5 Å². The fourth-order valence-corrected chi connectivity index (χ4v) is 1.62. The molecule has 1 N–H and O–H groups in total. The van der Waals surface area contributed by atoms with Crippen molar-refractivity contribution in [1.29, 1.82) is 0 Å². The molecule has 1 aromatic heterocycles. The Morgan fingerprint density at radius 2 is 2.12 bits per heavy atom. The van der Waals surface area contributed by atoms with Crippen LogP contribution < -0.4 is 5.32 Å². The molecule has 0 spiro atoms. The van der Waals surface area contributed by atoms with E-state index in [4.69, 9.17) is 0 Å². The molecular formula is C13H12N2OS. The van der Waals surface area contributed by atoms with Gasteiger partial charge in [0.15, 0.2) is 0 Å². The lowest BCUT2D eigenvalue weighted by Gasteiger charge is -2.05. The third-order valence-corrected chi connectivity index (χ3v) is 2.56. The van der Waals surface area contributed by atoms with Crippen LogP contribution in [0.3, 0.4) is 0 Å². The largest absolute Gasteiger partial charge is 0.321 e. The summed E-state index contributed by atoms with van der Waals surface area (Å²) in [5, 5.41) is 2.78. The Labute approximate surface area is 105 Å². The molecule has 86 valence electrons. The average molecular weight is 244 g/mol. The van der Waals surface area contributed by atoms with Crippen molar-refractivity contribution in [1.82, 2.24) is 4.98 Å². The lowest BCUT2D eigenvalue weighted by Crippen LogP contribution is -2.11. The summed E-state index contributed by atoms with van der Waals surface area (Å²) in [4.78, 5) is 16.8. The van der Waals surface area contributed by atoms with Gasteiger partial charge in [-0.2, -0.15) is 0 Å². The van der Waals surface area contributed by atoms with Crippen LogP contribution in [-0.2, 0) is 0 Å². The number of nitrogens with zero attached hydrogens (tertiary/aromatic N) is 1. The van der Waals surface area contributed by atoms with E-state index < -0.39 is 0 Å². The number of hydrogen-bond acceptors (Lipinski definition) is 3. The summed E-state index contributed by atoms with van der Waals surface area (Å²) in [6, 6.07) is 10.8. The minimum Gasteiger partial charge on any atom is -0.321 e. The summed E-state index contributed by atoms with van der Waals surface area (Å²) in [5.74, 6) is -0.161. The molecule has 0 saturated carbocycles.